The lowest BCUT2D eigenvalue weighted by Gasteiger charge is -2.37. The second-order valence-corrected chi connectivity index (χ2v) is 8.76. The van der Waals surface area contributed by atoms with Crippen molar-refractivity contribution in [3.8, 4) is 5.75 Å². The molecule has 5 rings (SSSR count). The van der Waals surface area contributed by atoms with Gasteiger partial charge >= 0.3 is 0 Å². The normalized spacial score (nSPS) is 18.5. The van der Waals surface area contributed by atoms with Gasteiger partial charge in [-0.05, 0) is 41.3 Å². The van der Waals surface area contributed by atoms with Gasteiger partial charge in [-0.15, -0.1) is 0 Å². The van der Waals surface area contributed by atoms with E-state index >= 15 is 0 Å². The van der Waals surface area contributed by atoms with Crippen molar-refractivity contribution in [2.24, 2.45) is 5.16 Å². The van der Waals surface area contributed by atoms with Crippen molar-refractivity contribution in [2.45, 2.75) is 18.9 Å². The Balaban J connectivity index is 1.12. The van der Waals surface area contributed by atoms with Gasteiger partial charge in [-0.1, -0.05) is 53.7 Å². The van der Waals surface area contributed by atoms with Gasteiger partial charge in [0.2, 0.25) is 0 Å². The maximum Gasteiger partial charge on any atom is 0.144 e. The third-order valence-electron chi connectivity index (χ3n) is 6.67. The molecule has 6 nitrogen and oxygen atoms in total. The second-order valence-electron chi connectivity index (χ2n) is 8.76. The largest absolute Gasteiger partial charge is 0.495 e. The summed E-state index contributed by atoms with van der Waals surface area (Å²) in [6.07, 6.45) is 1.30. The van der Waals surface area contributed by atoms with Gasteiger partial charge in [-0.25, -0.2) is 0 Å². The van der Waals surface area contributed by atoms with Crippen LogP contribution in [-0.4, -0.2) is 68.3 Å². The van der Waals surface area contributed by atoms with E-state index in [0.29, 0.717) is 6.54 Å². The second kappa shape index (κ2) is 9.81. The molecule has 1 N–H and O–H groups in total. The first-order chi connectivity index (χ1) is 16.2. The van der Waals surface area contributed by atoms with E-state index in [1.54, 1.807) is 7.11 Å². The molecule has 1 unspecified atom stereocenters. The van der Waals surface area contributed by atoms with Crippen molar-refractivity contribution in [3.05, 3.63) is 71.8 Å². The first-order valence-corrected chi connectivity index (χ1v) is 11.7. The molecule has 3 aromatic carbocycles. The zero-order valence-electron chi connectivity index (χ0n) is 19.1. The number of hydrogen-bond donors (Lipinski definition) is 1. The zero-order valence-corrected chi connectivity index (χ0v) is 19.1. The van der Waals surface area contributed by atoms with Gasteiger partial charge in [0.15, 0.2) is 0 Å². The third kappa shape index (κ3) is 4.68. The smallest absolute Gasteiger partial charge is 0.144 e. The highest BCUT2D eigenvalue weighted by atomic mass is 16.6. The molecule has 0 radical (unpaired) electrons. The van der Waals surface area contributed by atoms with E-state index in [-0.39, 0.29) is 6.61 Å². The molecule has 1 aliphatic heterocycles. The van der Waals surface area contributed by atoms with Crippen molar-refractivity contribution in [1.29, 1.82) is 0 Å². The fourth-order valence-electron chi connectivity index (χ4n) is 4.96. The number of benzene rings is 3. The van der Waals surface area contributed by atoms with E-state index in [1.165, 1.54) is 21.9 Å². The fraction of sp³-hybridized carbons (Fsp3) is 0.370. The predicted octanol–water partition coefficient (Wildman–Crippen LogP) is 3.70. The van der Waals surface area contributed by atoms with Crippen molar-refractivity contribution >= 4 is 22.2 Å². The topological polar surface area (TPSA) is 57.5 Å². The van der Waals surface area contributed by atoms with Crippen molar-refractivity contribution in [1.82, 2.24) is 4.90 Å². The number of aryl methyl sites for hydroxylation is 1. The average Bonchev–Trinajstić information content (AvgIpc) is 3.28. The van der Waals surface area contributed by atoms with Gasteiger partial charge in [0.1, 0.15) is 18.5 Å². The molecule has 0 saturated carbocycles. The molecule has 1 fully saturated rings. The highest BCUT2D eigenvalue weighted by molar-refractivity contribution is 6.08. The Labute approximate surface area is 195 Å². The molecular formula is C27H31N3O3. The van der Waals surface area contributed by atoms with Crippen LogP contribution in [0.1, 0.15) is 17.5 Å². The third-order valence-corrected chi connectivity index (χ3v) is 6.67. The Morgan fingerprint density at radius 1 is 0.939 bits per heavy atom. The first-order valence-electron chi connectivity index (χ1n) is 11.7. The van der Waals surface area contributed by atoms with Crippen LogP contribution in [0.4, 0.5) is 5.69 Å². The Kier molecular flexibility index (Phi) is 6.46. The monoisotopic (exact) mass is 445 g/mol. The van der Waals surface area contributed by atoms with Crippen LogP contribution >= 0.6 is 0 Å². The quantitative estimate of drug-likeness (QED) is 0.562. The van der Waals surface area contributed by atoms with Crippen LogP contribution in [-0.2, 0) is 11.3 Å². The maximum absolute atomic E-state index is 10.5. The van der Waals surface area contributed by atoms with Crippen molar-refractivity contribution in [2.75, 3.05) is 51.3 Å². The Morgan fingerprint density at radius 3 is 2.58 bits per heavy atom. The van der Waals surface area contributed by atoms with Crippen LogP contribution in [0.2, 0.25) is 0 Å². The first kappa shape index (κ1) is 21.7. The molecule has 1 atom stereocenters. The summed E-state index contributed by atoms with van der Waals surface area (Å²) < 4.78 is 5.50. The van der Waals surface area contributed by atoms with Gasteiger partial charge in [0.25, 0.3) is 0 Å². The number of hydrogen-bond acceptors (Lipinski definition) is 6. The summed E-state index contributed by atoms with van der Waals surface area (Å²) in [5.41, 5.74) is 4.64. The van der Waals surface area contributed by atoms with Crippen LogP contribution in [0.15, 0.2) is 65.8 Å². The number of ether oxygens (including phenoxy) is 1. The van der Waals surface area contributed by atoms with Gasteiger partial charge in [0.05, 0.1) is 18.5 Å². The maximum atomic E-state index is 10.5. The van der Waals surface area contributed by atoms with Gasteiger partial charge < -0.3 is 19.6 Å². The van der Waals surface area contributed by atoms with E-state index in [0.717, 1.165) is 56.2 Å². The summed E-state index contributed by atoms with van der Waals surface area (Å²) in [6, 6.07) is 20.9. The molecule has 0 amide bonds. The van der Waals surface area contributed by atoms with Crippen LogP contribution < -0.4 is 9.64 Å². The summed E-state index contributed by atoms with van der Waals surface area (Å²) in [5, 5.41) is 17.5. The summed E-state index contributed by atoms with van der Waals surface area (Å²) in [7, 11) is 1.71. The number of rotatable bonds is 7. The number of oxime groups is 1. The highest BCUT2D eigenvalue weighted by Crippen LogP contribution is 2.30. The predicted molar refractivity (Wildman–Crippen MR) is 132 cm³/mol. The number of aliphatic hydroxyl groups excluding tert-OH is 1. The standard InChI is InChI=1S/C27H31N3O3/c1-32-27-9-5-4-8-26(27)30-16-14-29(15-17-30)18-21(31)19-33-28-25-13-12-23-22-7-3-2-6-20(22)10-11-24(23)25/h2-11,21,31H,12-19H2,1H3. The minimum atomic E-state index is -0.565. The van der Waals surface area contributed by atoms with Gasteiger partial charge in [-0.2, -0.15) is 0 Å². The Hall–Kier alpha value is -3.09. The number of para-hydroxylation sites is 2. The van der Waals surface area contributed by atoms with E-state index in [1.807, 2.05) is 18.2 Å². The fourth-order valence-corrected chi connectivity index (χ4v) is 4.96. The van der Waals surface area contributed by atoms with Crippen LogP contribution in [0.3, 0.4) is 0 Å². The van der Waals surface area contributed by atoms with E-state index < -0.39 is 6.10 Å². The minimum Gasteiger partial charge on any atom is -0.495 e. The molecule has 0 aromatic heterocycles. The molecule has 0 spiro atoms. The molecule has 0 bridgehead atoms. The lowest BCUT2D eigenvalue weighted by Crippen LogP contribution is -2.49. The summed E-state index contributed by atoms with van der Waals surface area (Å²) in [4.78, 5) is 10.2. The lowest BCUT2D eigenvalue weighted by molar-refractivity contribution is 0.0180. The molecule has 6 heteroatoms. The number of β-amino-alcohol motifs (C(OH)–C–C–N with tert-alkyl or cyclic N) is 1. The van der Waals surface area contributed by atoms with E-state index in [4.69, 9.17) is 9.57 Å². The number of piperazine rings is 1. The van der Waals surface area contributed by atoms with Crippen molar-refractivity contribution < 1.29 is 14.7 Å². The molecular weight excluding hydrogens is 414 g/mol. The number of anilines is 1. The summed E-state index contributed by atoms with van der Waals surface area (Å²) in [5.74, 6) is 0.903. The highest BCUT2D eigenvalue weighted by Gasteiger charge is 2.23. The molecule has 1 saturated heterocycles. The number of fused-ring (bicyclic) bond motifs is 3. The lowest BCUT2D eigenvalue weighted by atomic mass is 10.0. The molecule has 1 aliphatic carbocycles. The molecule has 33 heavy (non-hydrogen) atoms. The molecule has 1 heterocycles. The SMILES string of the molecule is COc1ccccc1N1CCN(CC(O)CON=C2CCc3c2ccc2ccccc32)CC1. The number of methoxy groups -OCH3 is 1. The Morgan fingerprint density at radius 2 is 1.73 bits per heavy atom. The number of nitrogens with zero attached hydrogens (tertiary/aromatic N) is 3. The van der Waals surface area contributed by atoms with Gasteiger partial charge in [-0.3, -0.25) is 4.90 Å². The van der Waals surface area contributed by atoms with Crippen LogP contribution in [0, 0.1) is 0 Å². The average molecular weight is 446 g/mol. The molecule has 3 aromatic rings. The molecule has 2 aliphatic rings. The van der Waals surface area contributed by atoms with Gasteiger partial charge in [0, 0.05) is 38.3 Å². The summed E-state index contributed by atoms with van der Waals surface area (Å²) in [6.45, 7) is 4.39. The van der Waals surface area contributed by atoms with Crippen LogP contribution in [0.25, 0.3) is 10.8 Å². The zero-order chi connectivity index (χ0) is 22.6. The Bertz CT molecular complexity index is 1140. The van der Waals surface area contributed by atoms with E-state index in [2.05, 4.69) is 57.4 Å². The summed E-state index contributed by atoms with van der Waals surface area (Å²) >= 11 is 0. The van der Waals surface area contributed by atoms with Crippen molar-refractivity contribution in [3.63, 3.8) is 0 Å². The van der Waals surface area contributed by atoms with E-state index in [9.17, 15) is 5.11 Å². The van der Waals surface area contributed by atoms with Crippen LogP contribution in [0.5, 0.6) is 5.75 Å². The minimum absolute atomic E-state index is 0.207. The molecule has 172 valence electrons. The number of aliphatic hydroxyl groups is 1.